The summed E-state index contributed by atoms with van der Waals surface area (Å²) in [4.78, 5) is 22.6. The van der Waals surface area contributed by atoms with Crippen LogP contribution in [-0.2, 0) is 0 Å². The number of carboxylic acids is 2. The van der Waals surface area contributed by atoms with Crippen LogP contribution in [0.4, 0.5) is 0 Å². The topological polar surface area (TPSA) is 127 Å². The van der Waals surface area contributed by atoms with E-state index in [0.29, 0.717) is 18.0 Å². The standard InChI is InChI=1S/C17H26N2O4/c1-10(6-7-18)9-17(2,3)14(19)13-8-11(15(20)21)4-5-12(13)16(22)23/h4-5,8,10,14H,6-7,9,18-19H2,1-3H3,(H,20,21)(H,22,23). The second kappa shape index (κ2) is 7.57. The number of benzene rings is 1. The molecule has 0 aliphatic heterocycles. The van der Waals surface area contributed by atoms with Crippen LogP contribution in [0.15, 0.2) is 18.2 Å². The minimum absolute atomic E-state index is 0.0336. The molecular formula is C17H26N2O4. The van der Waals surface area contributed by atoms with Crippen molar-refractivity contribution < 1.29 is 19.8 Å². The molecule has 1 rings (SSSR count). The molecule has 0 aliphatic carbocycles. The molecular weight excluding hydrogens is 296 g/mol. The molecule has 6 N–H and O–H groups in total. The molecule has 2 atom stereocenters. The zero-order valence-corrected chi connectivity index (χ0v) is 13.9. The van der Waals surface area contributed by atoms with E-state index in [1.54, 1.807) is 0 Å². The van der Waals surface area contributed by atoms with Gasteiger partial charge in [0.2, 0.25) is 0 Å². The van der Waals surface area contributed by atoms with Gasteiger partial charge in [-0.3, -0.25) is 0 Å². The van der Waals surface area contributed by atoms with Crippen LogP contribution in [0.3, 0.4) is 0 Å². The maximum atomic E-state index is 11.4. The monoisotopic (exact) mass is 322 g/mol. The number of hydrogen-bond donors (Lipinski definition) is 4. The highest BCUT2D eigenvalue weighted by atomic mass is 16.4. The van der Waals surface area contributed by atoms with Crippen molar-refractivity contribution in [3.05, 3.63) is 34.9 Å². The van der Waals surface area contributed by atoms with Crippen molar-refractivity contribution in [2.24, 2.45) is 22.8 Å². The van der Waals surface area contributed by atoms with Gasteiger partial charge in [0.1, 0.15) is 0 Å². The number of aromatic carboxylic acids is 2. The Morgan fingerprint density at radius 2 is 1.83 bits per heavy atom. The zero-order valence-electron chi connectivity index (χ0n) is 13.9. The SMILES string of the molecule is CC(CCN)CC(C)(C)C(N)c1cc(C(=O)O)ccc1C(=O)O. The van der Waals surface area contributed by atoms with E-state index in [9.17, 15) is 14.7 Å². The Hall–Kier alpha value is -1.92. The molecule has 2 unspecified atom stereocenters. The molecule has 0 saturated heterocycles. The summed E-state index contributed by atoms with van der Waals surface area (Å²) in [5.41, 5.74) is 11.9. The van der Waals surface area contributed by atoms with Crippen LogP contribution >= 0.6 is 0 Å². The Balaban J connectivity index is 3.22. The van der Waals surface area contributed by atoms with E-state index in [1.807, 2.05) is 13.8 Å². The lowest BCUT2D eigenvalue weighted by Crippen LogP contribution is -2.32. The summed E-state index contributed by atoms with van der Waals surface area (Å²) < 4.78 is 0. The second-order valence-corrected chi connectivity index (χ2v) is 6.77. The lowest BCUT2D eigenvalue weighted by atomic mass is 9.73. The first-order valence-electron chi connectivity index (χ1n) is 7.66. The van der Waals surface area contributed by atoms with Gasteiger partial charge in [-0.15, -0.1) is 0 Å². The van der Waals surface area contributed by atoms with Crippen molar-refractivity contribution in [3.63, 3.8) is 0 Å². The minimum Gasteiger partial charge on any atom is -0.478 e. The fourth-order valence-electron chi connectivity index (χ4n) is 2.98. The van der Waals surface area contributed by atoms with Gasteiger partial charge in [-0.05, 0) is 54.5 Å². The Morgan fingerprint density at radius 3 is 2.30 bits per heavy atom. The molecule has 1 aromatic rings. The predicted molar refractivity (Wildman–Crippen MR) is 88.5 cm³/mol. The number of rotatable bonds is 8. The smallest absolute Gasteiger partial charge is 0.336 e. The first kappa shape index (κ1) is 19.1. The number of nitrogens with two attached hydrogens (primary N) is 2. The van der Waals surface area contributed by atoms with Crippen LogP contribution in [0, 0.1) is 11.3 Å². The number of carbonyl (C=O) groups is 2. The molecule has 0 radical (unpaired) electrons. The van der Waals surface area contributed by atoms with E-state index >= 15 is 0 Å². The highest BCUT2D eigenvalue weighted by Gasteiger charge is 2.32. The summed E-state index contributed by atoms with van der Waals surface area (Å²) >= 11 is 0. The lowest BCUT2D eigenvalue weighted by molar-refractivity contribution is 0.0678. The van der Waals surface area contributed by atoms with Crippen molar-refractivity contribution in [1.29, 1.82) is 0 Å². The third-order valence-corrected chi connectivity index (χ3v) is 4.24. The summed E-state index contributed by atoms with van der Waals surface area (Å²) in [6.45, 7) is 6.59. The summed E-state index contributed by atoms with van der Waals surface area (Å²) in [5.74, 6) is -1.88. The van der Waals surface area contributed by atoms with E-state index in [1.165, 1.54) is 18.2 Å². The van der Waals surface area contributed by atoms with E-state index in [4.69, 9.17) is 16.6 Å². The Morgan fingerprint density at radius 1 is 1.22 bits per heavy atom. The molecule has 6 nitrogen and oxygen atoms in total. The predicted octanol–water partition coefficient (Wildman–Crippen LogP) is 2.48. The molecule has 0 saturated carbocycles. The summed E-state index contributed by atoms with van der Waals surface area (Å²) in [6.07, 6.45) is 1.62. The Bertz CT molecular complexity index is 584. The molecule has 6 heteroatoms. The van der Waals surface area contributed by atoms with E-state index < -0.39 is 23.4 Å². The van der Waals surface area contributed by atoms with Gasteiger partial charge in [0.05, 0.1) is 11.1 Å². The third kappa shape index (κ3) is 4.77. The van der Waals surface area contributed by atoms with Gasteiger partial charge in [-0.1, -0.05) is 20.8 Å². The second-order valence-electron chi connectivity index (χ2n) is 6.77. The highest BCUT2D eigenvalue weighted by molar-refractivity contribution is 5.93. The maximum absolute atomic E-state index is 11.4. The average molecular weight is 322 g/mol. The van der Waals surface area contributed by atoms with Crippen molar-refractivity contribution in [2.75, 3.05) is 6.54 Å². The van der Waals surface area contributed by atoms with Crippen LogP contribution in [-0.4, -0.2) is 28.7 Å². The summed E-state index contributed by atoms with van der Waals surface area (Å²) in [7, 11) is 0. The number of carboxylic acid groups (broad SMARTS) is 2. The van der Waals surface area contributed by atoms with Gasteiger partial charge < -0.3 is 21.7 Å². The number of hydrogen-bond acceptors (Lipinski definition) is 4. The fraction of sp³-hybridized carbons (Fsp3) is 0.529. The van der Waals surface area contributed by atoms with Crippen LogP contribution in [0.25, 0.3) is 0 Å². The van der Waals surface area contributed by atoms with Crippen molar-refractivity contribution in [1.82, 2.24) is 0 Å². The van der Waals surface area contributed by atoms with Crippen molar-refractivity contribution in [3.8, 4) is 0 Å². The normalized spacial score (nSPS) is 14.3. The molecule has 0 aromatic heterocycles. The largest absolute Gasteiger partial charge is 0.478 e. The van der Waals surface area contributed by atoms with Crippen molar-refractivity contribution >= 4 is 11.9 Å². The quantitative estimate of drug-likeness (QED) is 0.582. The van der Waals surface area contributed by atoms with E-state index in [0.717, 1.165) is 12.8 Å². The van der Waals surface area contributed by atoms with Crippen molar-refractivity contribution in [2.45, 2.75) is 39.7 Å². The molecule has 128 valence electrons. The molecule has 0 heterocycles. The van der Waals surface area contributed by atoms with E-state index in [-0.39, 0.29) is 11.1 Å². The van der Waals surface area contributed by atoms with Crippen LogP contribution in [0.5, 0.6) is 0 Å². The first-order chi connectivity index (χ1) is 10.6. The van der Waals surface area contributed by atoms with Gasteiger partial charge in [0.25, 0.3) is 0 Å². The third-order valence-electron chi connectivity index (χ3n) is 4.24. The summed E-state index contributed by atoms with van der Waals surface area (Å²) in [5, 5.41) is 18.5. The zero-order chi connectivity index (χ0) is 17.8. The lowest BCUT2D eigenvalue weighted by Gasteiger charge is -2.35. The van der Waals surface area contributed by atoms with Crippen LogP contribution in [0.2, 0.25) is 0 Å². The van der Waals surface area contributed by atoms with Gasteiger partial charge in [-0.2, -0.15) is 0 Å². The molecule has 0 fully saturated rings. The van der Waals surface area contributed by atoms with Gasteiger partial charge >= 0.3 is 11.9 Å². The van der Waals surface area contributed by atoms with Crippen LogP contribution in [0.1, 0.15) is 65.9 Å². The molecule has 23 heavy (non-hydrogen) atoms. The molecule has 1 aromatic carbocycles. The van der Waals surface area contributed by atoms with Crippen LogP contribution < -0.4 is 11.5 Å². The molecule has 0 spiro atoms. The Kier molecular flexibility index (Phi) is 6.29. The first-order valence-corrected chi connectivity index (χ1v) is 7.66. The molecule has 0 amide bonds. The van der Waals surface area contributed by atoms with Gasteiger partial charge in [0.15, 0.2) is 0 Å². The highest BCUT2D eigenvalue weighted by Crippen LogP contribution is 2.39. The minimum atomic E-state index is -1.11. The van der Waals surface area contributed by atoms with Gasteiger partial charge in [-0.25, -0.2) is 9.59 Å². The maximum Gasteiger partial charge on any atom is 0.336 e. The average Bonchev–Trinajstić information content (AvgIpc) is 2.45. The molecule has 0 bridgehead atoms. The Labute approximate surface area is 136 Å². The van der Waals surface area contributed by atoms with E-state index in [2.05, 4.69) is 6.92 Å². The fourth-order valence-corrected chi connectivity index (χ4v) is 2.98. The summed E-state index contributed by atoms with van der Waals surface area (Å²) in [6, 6.07) is 3.37. The van der Waals surface area contributed by atoms with Gasteiger partial charge in [0, 0.05) is 6.04 Å². The molecule has 0 aliphatic rings.